The van der Waals surface area contributed by atoms with E-state index < -0.39 is 0 Å². The van der Waals surface area contributed by atoms with Crippen molar-refractivity contribution < 1.29 is 14.4 Å². The van der Waals surface area contributed by atoms with Gasteiger partial charge in [0.2, 0.25) is 11.8 Å². The zero-order chi connectivity index (χ0) is 19.0. The summed E-state index contributed by atoms with van der Waals surface area (Å²) in [4.78, 5) is 43.4. The van der Waals surface area contributed by atoms with Gasteiger partial charge in [0.15, 0.2) is 0 Å². The molecule has 0 spiro atoms. The number of urea groups is 1. The van der Waals surface area contributed by atoms with Crippen molar-refractivity contribution in [2.75, 3.05) is 39.3 Å². The van der Waals surface area contributed by atoms with Gasteiger partial charge in [-0.1, -0.05) is 0 Å². The number of likely N-dealkylation sites (tertiary alicyclic amines) is 2. The maximum absolute atomic E-state index is 13.1. The number of nitrogens with zero attached hydrogens (tertiary/aromatic N) is 3. The maximum Gasteiger partial charge on any atom is 0.320 e. The fourth-order valence-electron chi connectivity index (χ4n) is 5.62. The van der Waals surface area contributed by atoms with Crippen LogP contribution in [0, 0.1) is 17.8 Å². The molecule has 3 atom stereocenters. The third kappa shape index (κ3) is 3.65. The fraction of sp³-hybridized carbons (Fsp3) is 0.850. The van der Waals surface area contributed by atoms with Crippen LogP contribution in [0.4, 0.5) is 4.79 Å². The molecule has 4 fully saturated rings. The second-order valence-electron chi connectivity index (χ2n) is 8.71. The summed E-state index contributed by atoms with van der Waals surface area (Å²) in [6.07, 6.45) is 5.43. The van der Waals surface area contributed by atoms with E-state index in [1.165, 1.54) is 0 Å². The lowest BCUT2D eigenvalue weighted by molar-refractivity contribution is -0.144. The molecular weight excluding hydrogens is 344 g/mol. The monoisotopic (exact) mass is 376 g/mol. The number of hydrogen-bond donors (Lipinski definition) is 1. The smallest absolute Gasteiger partial charge is 0.320 e. The Kier molecular flexibility index (Phi) is 5.28. The number of fused-ring (bicyclic) bond motifs is 4. The topological polar surface area (TPSA) is 73.0 Å². The second-order valence-corrected chi connectivity index (χ2v) is 8.71. The van der Waals surface area contributed by atoms with Crippen LogP contribution in [0.25, 0.3) is 0 Å². The Morgan fingerprint density at radius 1 is 1.07 bits per heavy atom. The molecule has 1 N–H and O–H groups in total. The minimum absolute atomic E-state index is 0.0385. The molecule has 0 aromatic rings. The largest absolute Gasteiger partial charge is 0.356 e. The number of hydrogen-bond acceptors (Lipinski definition) is 3. The highest BCUT2D eigenvalue weighted by molar-refractivity contribution is 5.80. The van der Waals surface area contributed by atoms with E-state index in [0.29, 0.717) is 49.8 Å². The van der Waals surface area contributed by atoms with E-state index in [0.717, 1.165) is 51.7 Å². The number of carbonyl (C=O) groups excluding carboxylic acids is 3. The zero-order valence-electron chi connectivity index (χ0n) is 16.4. The van der Waals surface area contributed by atoms with Gasteiger partial charge >= 0.3 is 6.03 Å². The summed E-state index contributed by atoms with van der Waals surface area (Å²) < 4.78 is 0. The van der Waals surface area contributed by atoms with Crippen LogP contribution < -0.4 is 5.32 Å². The number of carbonyl (C=O) groups is 3. The van der Waals surface area contributed by atoms with Crippen molar-refractivity contribution in [2.45, 2.75) is 51.5 Å². The Balaban J connectivity index is 1.34. The average Bonchev–Trinajstić information content (AvgIpc) is 2.68. The molecule has 4 heterocycles. The number of rotatable bonds is 2. The predicted molar refractivity (Wildman–Crippen MR) is 101 cm³/mol. The van der Waals surface area contributed by atoms with Crippen LogP contribution in [-0.4, -0.2) is 77.9 Å². The van der Waals surface area contributed by atoms with Crippen molar-refractivity contribution in [2.24, 2.45) is 17.8 Å². The first-order valence-corrected chi connectivity index (χ1v) is 10.7. The highest BCUT2D eigenvalue weighted by Crippen LogP contribution is 2.38. The molecule has 4 saturated heterocycles. The molecule has 2 bridgehead atoms. The van der Waals surface area contributed by atoms with Gasteiger partial charge in [0, 0.05) is 57.6 Å². The van der Waals surface area contributed by atoms with Crippen LogP contribution in [0.5, 0.6) is 0 Å². The van der Waals surface area contributed by atoms with Gasteiger partial charge in [0.05, 0.1) is 0 Å². The van der Waals surface area contributed by atoms with Crippen LogP contribution in [0.3, 0.4) is 0 Å². The Morgan fingerprint density at radius 3 is 2.59 bits per heavy atom. The zero-order valence-corrected chi connectivity index (χ0v) is 16.4. The molecule has 0 aromatic heterocycles. The standard InChI is InChI=1S/C20H32N4O3/c1-2-21-19(26)15-6-8-22(9-7-15)20(27)23-11-14-10-16(13-23)17-4-3-5-18(25)24(17)12-14/h14-17H,2-13H2,1H3,(H,21,26)/t14?,16?,17-/m1/s1. The molecule has 7 heteroatoms. The van der Waals surface area contributed by atoms with Crippen LogP contribution in [0.2, 0.25) is 0 Å². The first-order valence-electron chi connectivity index (χ1n) is 10.7. The number of nitrogens with one attached hydrogen (secondary N) is 1. The Hall–Kier alpha value is -1.79. The molecule has 2 unspecified atom stereocenters. The lowest BCUT2D eigenvalue weighted by Gasteiger charge is -2.53. The van der Waals surface area contributed by atoms with Crippen molar-refractivity contribution in [3.63, 3.8) is 0 Å². The van der Waals surface area contributed by atoms with Crippen LogP contribution in [0.15, 0.2) is 0 Å². The molecule has 4 aliphatic rings. The van der Waals surface area contributed by atoms with Gasteiger partial charge in [0.1, 0.15) is 0 Å². The van der Waals surface area contributed by atoms with Crippen LogP contribution in [-0.2, 0) is 9.59 Å². The van der Waals surface area contributed by atoms with E-state index in [1.807, 2.05) is 16.7 Å². The molecule has 4 amide bonds. The summed E-state index contributed by atoms with van der Waals surface area (Å²) in [7, 11) is 0. The number of piperidine rings is 4. The van der Waals surface area contributed by atoms with E-state index in [2.05, 4.69) is 10.2 Å². The van der Waals surface area contributed by atoms with Crippen LogP contribution >= 0.6 is 0 Å². The predicted octanol–water partition coefficient (Wildman–Crippen LogP) is 1.29. The van der Waals surface area contributed by atoms with Gasteiger partial charge < -0.3 is 20.0 Å². The van der Waals surface area contributed by atoms with Gasteiger partial charge in [-0.15, -0.1) is 0 Å². The Bertz CT molecular complexity index is 602. The molecule has 4 rings (SSSR count). The molecule has 27 heavy (non-hydrogen) atoms. The second kappa shape index (κ2) is 7.68. The van der Waals surface area contributed by atoms with Crippen LogP contribution in [0.1, 0.15) is 45.4 Å². The number of amides is 4. The summed E-state index contributed by atoms with van der Waals surface area (Å²) in [6, 6.07) is 0.469. The van der Waals surface area contributed by atoms with Gasteiger partial charge in [0.25, 0.3) is 0 Å². The summed E-state index contributed by atoms with van der Waals surface area (Å²) in [5.41, 5.74) is 0. The van der Waals surface area contributed by atoms with Crippen molar-refractivity contribution in [3.05, 3.63) is 0 Å². The van der Waals surface area contributed by atoms with E-state index in [9.17, 15) is 14.4 Å². The average molecular weight is 377 g/mol. The van der Waals surface area contributed by atoms with Crippen molar-refractivity contribution >= 4 is 17.8 Å². The van der Waals surface area contributed by atoms with E-state index in [-0.39, 0.29) is 17.9 Å². The normalized spacial score (nSPS) is 31.5. The quantitative estimate of drug-likeness (QED) is 0.789. The fourth-order valence-corrected chi connectivity index (χ4v) is 5.62. The summed E-state index contributed by atoms with van der Waals surface area (Å²) in [5.74, 6) is 1.32. The Labute approximate surface area is 161 Å². The molecule has 150 valence electrons. The van der Waals surface area contributed by atoms with Gasteiger partial charge in [-0.2, -0.15) is 0 Å². The summed E-state index contributed by atoms with van der Waals surface area (Å²) in [6.45, 7) is 6.30. The van der Waals surface area contributed by atoms with E-state index >= 15 is 0 Å². The van der Waals surface area contributed by atoms with Gasteiger partial charge in [-0.25, -0.2) is 4.79 Å². The first kappa shape index (κ1) is 18.6. The molecule has 0 aromatic carbocycles. The minimum Gasteiger partial charge on any atom is -0.356 e. The van der Waals surface area contributed by atoms with E-state index in [1.54, 1.807) is 0 Å². The third-order valence-electron chi connectivity index (χ3n) is 6.94. The van der Waals surface area contributed by atoms with Crippen molar-refractivity contribution in [3.8, 4) is 0 Å². The first-order chi connectivity index (χ1) is 13.1. The van der Waals surface area contributed by atoms with Crippen molar-refractivity contribution in [1.29, 1.82) is 0 Å². The summed E-state index contributed by atoms with van der Waals surface area (Å²) >= 11 is 0. The van der Waals surface area contributed by atoms with E-state index in [4.69, 9.17) is 0 Å². The molecule has 0 saturated carbocycles. The Morgan fingerprint density at radius 2 is 1.85 bits per heavy atom. The van der Waals surface area contributed by atoms with Gasteiger partial charge in [-0.05, 0) is 50.9 Å². The molecule has 4 aliphatic heterocycles. The minimum atomic E-state index is 0.0385. The maximum atomic E-state index is 13.1. The SMILES string of the molecule is CCNC(=O)C1CCN(C(=O)N2CC3CC(C2)[C@H]2CCCC(=O)N2C3)CC1. The lowest BCUT2D eigenvalue weighted by Crippen LogP contribution is -2.62. The van der Waals surface area contributed by atoms with Crippen molar-refractivity contribution in [1.82, 2.24) is 20.0 Å². The highest BCUT2D eigenvalue weighted by Gasteiger charge is 2.45. The molecule has 7 nitrogen and oxygen atoms in total. The molecule has 0 aliphatic carbocycles. The third-order valence-corrected chi connectivity index (χ3v) is 6.94. The highest BCUT2D eigenvalue weighted by atomic mass is 16.2. The summed E-state index contributed by atoms with van der Waals surface area (Å²) in [5, 5.41) is 2.89. The van der Waals surface area contributed by atoms with Gasteiger partial charge in [-0.3, -0.25) is 9.59 Å². The lowest BCUT2D eigenvalue weighted by atomic mass is 9.76. The molecule has 0 radical (unpaired) electrons. The molecular formula is C20H32N4O3.